The van der Waals surface area contributed by atoms with Gasteiger partial charge in [-0.25, -0.2) is 17.9 Å². The van der Waals surface area contributed by atoms with E-state index in [0.29, 0.717) is 16.9 Å². The zero-order chi connectivity index (χ0) is 19.9. The number of halogens is 1. The molecule has 0 aliphatic carbocycles. The lowest BCUT2D eigenvalue weighted by molar-refractivity contribution is 0.243. The molecule has 142 valence electrons. The fourth-order valence-electron chi connectivity index (χ4n) is 3.59. The number of primary sulfonamides is 1. The van der Waals surface area contributed by atoms with Crippen LogP contribution in [0.5, 0.6) is 5.75 Å². The Morgan fingerprint density at radius 3 is 2.61 bits per heavy atom. The lowest BCUT2D eigenvalue weighted by Gasteiger charge is -2.30. The second kappa shape index (κ2) is 6.89. The predicted molar refractivity (Wildman–Crippen MR) is 108 cm³/mol. The Morgan fingerprint density at radius 2 is 1.89 bits per heavy atom. The predicted octanol–water partition coefficient (Wildman–Crippen LogP) is 4.41. The molecule has 6 heteroatoms. The summed E-state index contributed by atoms with van der Waals surface area (Å²) in [7, 11) is -3.68. The maximum atomic E-state index is 13.8. The summed E-state index contributed by atoms with van der Waals surface area (Å²) in [6.45, 7) is 3.87. The van der Waals surface area contributed by atoms with E-state index in [2.05, 4.69) is 6.58 Å². The average Bonchev–Trinajstić information content (AvgIpc) is 2.65. The van der Waals surface area contributed by atoms with Gasteiger partial charge in [-0.15, -0.1) is 0 Å². The first-order valence-corrected chi connectivity index (χ1v) is 10.4. The molecule has 1 atom stereocenters. The van der Waals surface area contributed by atoms with Gasteiger partial charge in [-0.05, 0) is 40.5 Å². The molecule has 0 radical (unpaired) electrons. The number of sulfonamides is 1. The van der Waals surface area contributed by atoms with Crippen LogP contribution in [0.1, 0.15) is 28.4 Å². The first-order valence-electron chi connectivity index (χ1n) is 8.67. The summed E-state index contributed by atoms with van der Waals surface area (Å²) in [4.78, 5) is 0. The summed E-state index contributed by atoms with van der Waals surface area (Å²) < 4.78 is 43.2. The van der Waals surface area contributed by atoms with Crippen LogP contribution in [0.4, 0.5) is 4.39 Å². The minimum absolute atomic E-state index is 0.286. The van der Waals surface area contributed by atoms with Gasteiger partial charge in [-0.2, -0.15) is 0 Å². The van der Waals surface area contributed by atoms with Crippen LogP contribution < -0.4 is 9.88 Å². The third kappa shape index (κ3) is 3.44. The lowest BCUT2D eigenvalue weighted by Crippen LogP contribution is -2.18. The summed E-state index contributed by atoms with van der Waals surface area (Å²) in [5.74, 6) is 0.0129. The van der Waals surface area contributed by atoms with E-state index in [1.165, 1.54) is 12.1 Å². The second-order valence-electron chi connectivity index (χ2n) is 6.71. The van der Waals surface area contributed by atoms with Crippen LogP contribution in [-0.4, -0.2) is 8.42 Å². The van der Waals surface area contributed by atoms with Gasteiger partial charge < -0.3 is 4.74 Å². The number of fused-ring (bicyclic) bond motifs is 3. The highest BCUT2D eigenvalue weighted by molar-refractivity contribution is 7.88. The molecule has 3 aromatic rings. The molecule has 0 aromatic heterocycles. The maximum Gasteiger partial charge on any atom is 0.213 e. The van der Waals surface area contributed by atoms with Crippen molar-refractivity contribution in [2.75, 3.05) is 0 Å². The van der Waals surface area contributed by atoms with Crippen molar-refractivity contribution in [2.24, 2.45) is 5.14 Å². The molecule has 4 rings (SSSR count). The largest absolute Gasteiger partial charge is 0.480 e. The molecule has 1 aliphatic rings. The molecule has 1 heterocycles. The van der Waals surface area contributed by atoms with Crippen LogP contribution in [-0.2, 0) is 15.8 Å². The third-order valence-electron chi connectivity index (χ3n) is 4.71. The molecule has 4 nitrogen and oxygen atoms in total. The van der Waals surface area contributed by atoms with Gasteiger partial charge in [0.25, 0.3) is 0 Å². The minimum atomic E-state index is -3.68. The van der Waals surface area contributed by atoms with E-state index in [9.17, 15) is 12.8 Å². The fraction of sp³-hybridized carbons (Fsp3) is 0.0909. The Kier molecular flexibility index (Phi) is 4.53. The minimum Gasteiger partial charge on any atom is -0.480 e. The molecule has 1 unspecified atom stereocenters. The topological polar surface area (TPSA) is 69.4 Å². The number of nitrogens with two attached hydrogens (primary N) is 1. The van der Waals surface area contributed by atoms with E-state index < -0.39 is 16.1 Å². The molecule has 28 heavy (non-hydrogen) atoms. The molecule has 0 amide bonds. The van der Waals surface area contributed by atoms with Crippen LogP contribution >= 0.6 is 0 Å². The van der Waals surface area contributed by atoms with Crippen LogP contribution in [0.2, 0.25) is 0 Å². The van der Waals surface area contributed by atoms with Crippen molar-refractivity contribution in [1.82, 2.24) is 0 Å². The van der Waals surface area contributed by atoms with Gasteiger partial charge in [-0.1, -0.05) is 55.1 Å². The number of hydrogen-bond donors (Lipinski definition) is 1. The molecule has 2 N–H and O–H groups in total. The van der Waals surface area contributed by atoms with Crippen molar-refractivity contribution in [1.29, 1.82) is 0 Å². The van der Waals surface area contributed by atoms with Crippen molar-refractivity contribution in [3.63, 3.8) is 0 Å². The highest BCUT2D eigenvalue weighted by atomic mass is 32.2. The summed E-state index contributed by atoms with van der Waals surface area (Å²) in [5, 5.41) is 5.21. The Hall–Kier alpha value is -2.96. The van der Waals surface area contributed by atoms with Crippen LogP contribution in [0.3, 0.4) is 0 Å². The van der Waals surface area contributed by atoms with Crippen LogP contribution in [0, 0.1) is 5.82 Å². The van der Waals surface area contributed by atoms with Gasteiger partial charge in [0.1, 0.15) is 17.7 Å². The van der Waals surface area contributed by atoms with E-state index in [-0.39, 0.29) is 11.6 Å². The van der Waals surface area contributed by atoms with Gasteiger partial charge in [0.2, 0.25) is 10.0 Å². The zero-order valence-corrected chi connectivity index (χ0v) is 15.7. The van der Waals surface area contributed by atoms with E-state index in [0.717, 1.165) is 22.3 Å². The number of benzene rings is 3. The van der Waals surface area contributed by atoms with E-state index in [4.69, 9.17) is 9.88 Å². The summed E-state index contributed by atoms with van der Waals surface area (Å²) in [6, 6.07) is 17.2. The monoisotopic (exact) mass is 395 g/mol. The van der Waals surface area contributed by atoms with E-state index >= 15 is 0 Å². The number of ether oxygens (including phenoxy) is 1. The maximum absolute atomic E-state index is 13.8. The van der Waals surface area contributed by atoms with Gasteiger partial charge in [0.15, 0.2) is 0 Å². The van der Waals surface area contributed by atoms with Gasteiger partial charge in [0.05, 0.1) is 5.75 Å². The van der Waals surface area contributed by atoms with Gasteiger partial charge in [0, 0.05) is 11.1 Å². The quantitative estimate of drug-likeness (QED) is 0.712. The molecular formula is C22H18FNO3S. The smallest absolute Gasteiger partial charge is 0.213 e. The van der Waals surface area contributed by atoms with Crippen molar-refractivity contribution in [2.45, 2.75) is 11.9 Å². The summed E-state index contributed by atoms with van der Waals surface area (Å²) in [6.07, 6.45) is 1.17. The molecule has 0 saturated carbocycles. The van der Waals surface area contributed by atoms with Gasteiger partial charge in [-0.3, -0.25) is 0 Å². The summed E-state index contributed by atoms with van der Waals surface area (Å²) >= 11 is 0. The second-order valence-corrected chi connectivity index (χ2v) is 8.32. The SMILES string of the molecule is C=Cc1cccc2c1-c1ccc(CS(N)(=O)=O)cc1C(c1cccc(F)c1)O2. The zero-order valence-electron chi connectivity index (χ0n) is 14.9. The number of rotatable bonds is 4. The molecular weight excluding hydrogens is 377 g/mol. The normalized spacial score (nSPS) is 15.3. The highest BCUT2D eigenvalue weighted by Gasteiger charge is 2.29. The van der Waals surface area contributed by atoms with Crippen LogP contribution in [0.15, 0.2) is 67.2 Å². The Balaban J connectivity index is 1.95. The van der Waals surface area contributed by atoms with Crippen molar-refractivity contribution >= 4 is 16.1 Å². The number of hydrogen-bond acceptors (Lipinski definition) is 3. The molecule has 0 bridgehead atoms. The lowest BCUT2D eigenvalue weighted by atomic mass is 9.86. The third-order valence-corrected chi connectivity index (χ3v) is 5.45. The van der Waals surface area contributed by atoms with E-state index in [1.807, 2.05) is 24.3 Å². The standard InChI is InChI=1S/C22H18FNO3S/c1-2-15-5-4-8-20-21(15)18-10-9-14(13-28(24,25)26)11-19(18)22(27-20)16-6-3-7-17(23)12-16/h2-12,22H,1,13H2,(H2,24,25,26). The first-order chi connectivity index (χ1) is 13.4. The van der Waals surface area contributed by atoms with Crippen molar-refractivity contribution < 1.29 is 17.5 Å². The van der Waals surface area contributed by atoms with Crippen molar-refractivity contribution in [3.8, 4) is 16.9 Å². The highest BCUT2D eigenvalue weighted by Crippen LogP contribution is 2.47. The van der Waals surface area contributed by atoms with Gasteiger partial charge >= 0.3 is 0 Å². The average molecular weight is 395 g/mol. The Morgan fingerprint density at radius 1 is 1.11 bits per heavy atom. The van der Waals surface area contributed by atoms with Crippen molar-refractivity contribution in [3.05, 3.63) is 95.3 Å². The Bertz CT molecular complexity index is 1190. The van der Waals surface area contributed by atoms with E-state index in [1.54, 1.807) is 30.3 Å². The molecule has 0 fully saturated rings. The molecule has 3 aromatic carbocycles. The molecule has 0 spiro atoms. The fourth-order valence-corrected chi connectivity index (χ4v) is 4.24. The van der Waals surface area contributed by atoms with Crippen LogP contribution in [0.25, 0.3) is 17.2 Å². The molecule has 1 aliphatic heterocycles. The Labute approximate surface area is 163 Å². The summed E-state index contributed by atoms with van der Waals surface area (Å²) in [5.41, 5.74) is 4.62. The first kappa shape index (κ1) is 18.4. The molecule has 0 saturated heterocycles.